The second-order valence-electron chi connectivity index (χ2n) is 7.58. The second kappa shape index (κ2) is 5.78. The van der Waals surface area contributed by atoms with Crippen LogP contribution < -0.4 is 0 Å². The van der Waals surface area contributed by atoms with E-state index in [2.05, 4.69) is 0 Å². The summed E-state index contributed by atoms with van der Waals surface area (Å²) in [5.74, 6) is -2.31. The van der Waals surface area contributed by atoms with Crippen molar-refractivity contribution >= 4 is 17.8 Å². The molecule has 0 aromatic carbocycles. The Hall–Kier alpha value is -1.39. The van der Waals surface area contributed by atoms with Crippen molar-refractivity contribution in [2.75, 3.05) is 6.54 Å². The molecule has 3 unspecified atom stereocenters. The van der Waals surface area contributed by atoms with Crippen molar-refractivity contribution in [2.45, 2.75) is 52.9 Å². The van der Waals surface area contributed by atoms with Gasteiger partial charge in [0.1, 0.15) is 0 Å². The molecule has 5 nitrogen and oxygen atoms in total. The smallest absolute Gasteiger partial charge is 0.308 e. The van der Waals surface area contributed by atoms with Gasteiger partial charge in [0, 0.05) is 6.54 Å². The first-order chi connectivity index (χ1) is 9.70. The summed E-state index contributed by atoms with van der Waals surface area (Å²) in [5.41, 5.74) is -0.151. The lowest BCUT2D eigenvalue weighted by molar-refractivity contribution is -0.147. The monoisotopic (exact) mass is 295 g/mol. The van der Waals surface area contributed by atoms with E-state index in [9.17, 15) is 19.5 Å². The molecule has 1 aliphatic heterocycles. The molecule has 1 aliphatic carbocycles. The number of carbonyl (C=O) groups excluding carboxylic acids is 2. The average molecular weight is 295 g/mol. The van der Waals surface area contributed by atoms with Gasteiger partial charge in [-0.1, -0.05) is 33.6 Å². The highest BCUT2D eigenvalue weighted by Gasteiger charge is 2.49. The van der Waals surface area contributed by atoms with E-state index >= 15 is 0 Å². The first-order valence-corrected chi connectivity index (χ1v) is 7.79. The molecule has 5 heteroatoms. The summed E-state index contributed by atoms with van der Waals surface area (Å²) in [4.78, 5) is 37.4. The van der Waals surface area contributed by atoms with Crippen LogP contribution in [0.15, 0.2) is 0 Å². The van der Waals surface area contributed by atoms with Gasteiger partial charge in [-0.25, -0.2) is 0 Å². The van der Waals surface area contributed by atoms with Gasteiger partial charge in [-0.3, -0.25) is 19.3 Å². The van der Waals surface area contributed by atoms with Gasteiger partial charge >= 0.3 is 5.97 Å². The molecule has 1 saturated heterocycles. The van der Waals surface area contributed by atoms with Gasteiger partial charge in [-0.2, -0.15) is 0 Å². The number of amides is 2. The van der Waals surface area contributed by atoms with Crippen LogP contribution >= 0.6 is 0 Å². The highest BCUT2D eigenvalue weighted by atomic mass is 16.4. The van der Waals surface area contributed by atoms with Crippen molar-refractivity contribution in [3.05, 3.63) is 0 Å². The number of carboxylic acids is 1. The van der Waals surface area contributed by atoms with Crippen molar-refractivity contribution < 1.29 is 19.5 Å². The zero-order chi connectivity index (χ0) is 15.8. The molecule has 21 heavy (non-hydrogen) atoms. The SMILES string of the molecule is CC(C)(C)CC(CN1C(=O)C2CCCCC2C1=O)C(=O)O. The second-order valence-corrected chi connectivity index (χ2v) is 7.58. The lowest BCUT2D eigenvalue weighted by Crippen LogP contribution is -2.39. The van der Waals surface area contributed by atoms with E-state index in [-0.39, 0.29) is 35.6 Å². The molecule has 0 bridgehead atoms. The number of carbonyl (C=O) groups is 3. The van der Waals surface area contributed by atoms with Crippen molar-refractivity contribution in [1.82, 2.24) is 4.90 Å². The molecule has 0 aromatic rings. The van der Waals surface area contributed by atoms with Crippen LogP contribution in [-0.4, -0.2) is 34.3 Å². The minimum atomic E-state index is -0.930. The number of fused-ring (bicyclic) bond motifs is 1. The molecule has 1 saturated carbocycles. The highest BCUT2D eigenvalue weighted by molar-refractivity contribution is 6.05. The predicted molar refractivity (Wildman–Crippen MR) is 77.4 cm³/mol. The number of hydrogen-bond donors (Lipinski definition) is 1. The Bertz CT molecular complexity index is 428. The van der Waals surface area contributed by atoms with Gasteiger partial charge < -0.3 is 5.11 Å². The maximum Gasteiger partial charge on any atom is 0.308 e. The molecule has 118 valence electrons. The van der Waals surface area contributed by atoms with Crippen LogP contribution in [0.3, 0.4) is 0 Å². The number of imide groups is 1. The standard InChI is InChI=1S/C16H25NO4/c1-16(2,3)8-10(15(20)21)9-17-13(18)11-6-4-5-7-12(11)14(17)19/h10-12H,4-9H2,1-3H3,(H,20,21). The lowest BCUT2D eigenvalue weighted by atomic mass is 9.81. The van der Waals surface area contributed by atoms with Crippen LogP contribution in [0.4, 0.5) is 0 Å². The lowest BCUT2D eigenvalue weighted by Gasteiger charge is -2.26. The quantitative estimate of drug-likeness (QED) is 0.808. The van der Waals surface area contributed by atoms with Gasteiger partial charge in [0.15, 0.2) is 0 Å². The molecule has 2 rings (SSSR count). The fourth-order valence-electron chi connectivity index (χ4n) is 3.60. The number of aliphatic carboxylic acids is 1. The first-order valence-electron chi connectivity index (χ1n) is 7.79. The van der Waals surface area contributed by atoms with Crippen LogP contribution in [0.2, 0.25) is 0 Å². The molecule has 2 fully saturated rings. The third-order valence-corrected chi connectivity index (χ3v) is 4.54. The number of likely N-dealkylation sites (tertiary alicyclic amines) is 1. The third kappa shape index (κ3) is 3.44. The Balaban J connectivity index is 2.11. The number of nitrogens with zero attached hydrogens (tertiary/aromatic N) is 1. The van der Waals surface area contributed by atoms with Crippen molar-refractivity contribution in [1.29, 1.82) is 0 Å². The normalized spacial score (nSPS) is 27.7. The average Bonchev–Trinajstić information content (AvgIpc) is 2.62. The van der Waals surface area contributed by atoms with E-state index in [1.165, 1.54) is 4.90 Å². The molecule has 2 amide bonds. The zero-order valence-corrected chi connectivity index (χ0v) is 13.1. The number of rotatable bonds is 4. The molecule has 1 N–H and O–H groups in total. The summed E-state index contributed by atoms with van der Waals surface area (Å²) < 4.78 is 0. The van der Waals surface area contributed by atoms with E-state index in [1.54, 1.807) is 0 Å². The summed E-state index contributed by atoms with van der Waals surface area (Å²) in [6, 6.07) is 0. The van der Waals surface area contributed by atoms with E-state index in [0.29, 0.717) is 6.42 Å². The highest BCUT2D eigenvalue weighted by Crippen LogP contribution is 2.38. The molecule has 2 aliphatic rings. The molecular formula is C16H25NO4. The Labute approximate surface area is 125 Å². The molecule has 1 heterocycles. The third-order valence-electron chi connectivity index (χ3n) is 4.54. The van der Waals surface area contributed by atoms with Gasteiger partial charge in [-0.15, -0.1) is 0 Å². The maximum atomic E-state index is 12.4. The van der Waals surface area contributed by atoms with Crippen LogP contribution in [0.1, 0.15) is 52.9 Å². The summed E-state index contributed by atoms with van der Waals surface area (Å²) >= 11 is 0. The van der Waals surface area contributed by atoms with Gasteiger partial charge in [0.05, 0.1) is 17.8 Å². The fraction of sp³-hybridized carbons (Fsp3) is 0.812. The molecule has 0 radical (unpaired) electrons. The van der Waals surface area contributed by atoms with Crippen molar-refractivity contribution in [2.24, 2.45) is 23.2 Å². The fourth-order valence-corrected chi connectivity index (χ4v) is 3.60. The molecule has 3 atom stereocenters. The number of carboxylic acid groups (broad SMARTS) is 1. The van der Waals surface area contributed by atoms with Crippen molar-refractivity contribution in [3.63, 3.8) is 0 Å². The summed E-state index contributed by atoms with van der Waals surface area (Å²) in [5, 5.41) is 9.38. The Morgan fingerprint density at radius 3 is 2.05 bits per heavy atom. The van der Waals surface area contributed by atoms with E-state index in [4.69, 9.17) is 0 Å². The van der Waals surface area contributed by atoms with Gasteiger partial charge in [0.2, 0.25) is 11.8 Å². The molecule has 0 aromatic heterocycles. The topological polar surface area (TPSA) is 74.7 Å². The molecule has 0 spiro atoms. The largest absolute Gasteiger partial charge is 0.481 e. The summed E-state index contributed by atoms with van der Waals surface area (Å²) in [7, 11) is 0. The molecular weight excluding hydrogens is 270 g/mol. The Morgan fingerprint density at radius 1 is 1.19 bits per heavy atom. The maximum absolute atomic E-state index is 12.4. The Morgan fingerprint density at radius 2 is 1.67 bits per heavy atom. The van der Waals surface area contributed by atoms with Crippen LogP contribution in [0, 0.1) is 23.2 Å². The number of hydrogen-bond acceptors (Lipinski definition) is 3. The predicted octanol–water partition coefficient (Wildman–Crippen LogP) is 2.30. The van der Waals surface area contributed by atoms with Gasteiger partial charge in [0.25, 0.3) is 0 Å². The van der Waals surface area contributed by atoms with Crippen LogP contribution in [0.5, 0.6) is 0 Å². The van der Waals surface area contributed by atoms with E-state index < -0.39 is 11.9 Å². The van der Waals surface area contributed by atoms with E-state index in [0.717, 1.165) is 25.7 Å². The Kier molecular flexibility index (Phi) is 4.40. The van der Waals surface area contributed by atoms with Gasteiger partial charge in [-0.05, 0) is 24.7 Å². The summed E-state index contributed by atoms with van der Waals surface area (Å²) in [6.07, 6.45) is 3.96. The minimum Gasteiger partial charge on any atom is -0.481 e. The minimum absolute atomic E-state index is 0.0251. The van der Waals surface area contributed by atoms with E-state index in [1.807, 2.05) is 20.8 Å². The van der Waals surface area contributed by atoms with Crippen LogP contribution in [-0.2, 0) is 14.4 Å². The first kappa shape index (κ1) is 16.0. The summed E-state index contributed by atoms with van der Waals surface area (Å²) in [6.45, 7) is 5.93. The zero-order valence-electron chi connectivity index (χ0n) is 13.1. The van der Waals surface area contributed by atoms with Crippen LogP contribution in [0.25, 0.3) is 0 Å². The van der Waals surface area contributed by atoms with Crippen molar-refractivity contribution in [3.8, 4) is 0 Å².